The molecule has 0 saturated carbocycles. The molecule has 0 aliphatic carbocycles. The largest absolute Gasteiger partial charge is 0.376 e. The van der Waals surface area contributed by atoms with Crippen molar-refractivity contribution in [3.8, 4) is 0 Å². The van der Waals surface area contributed by atoms with Gasteiger partial charge >= 0.3 is 0 Å². The lowest BCUT2D eigenvalue weighted by atomic mass is 10.1. The zero-order valence-electron chi connectivity index (χ0n) is 16.0. The molecule has 1 N–H and O–H groups in total. The van der Waals surface area contributed by atoms with Crippen LogP contribution in [-0.2, 0) is 27.3 Å². The van der Waals surface area contributed by atoms with Crippen molar-refractivity contribution in [2.24, 2.45) is 0 Å². The van der Waals surface area contributed by atoms with Crippen LogP contribution >= 0.6 is 0 Å². The minimum Gasteiger partial charge on any atom is -0.376 e. The van der Waals surface area contributed by atoms with Crippen molar-refractivity contribution >= 4 is 11.8 Å². The second-order valence-corrected chi connectivity index (χ2v) is 7.03. The molecule has 0 bridgehead atoms. The van der Waals surface area contributed by atoms with Gasteiger partial charge in [0.25, 0.3) is 0 Å². The van der Waals surface area contributed by atoms with E-state index in [1.54, 1.807) is 12.4 Å². The van der Waals surface area contributed by atoms with Crippen LogP contribution in [0.4, 0.5) is 0 Å². The van der Waals surface area contributed by atoms with Crippen molar-refractivity contribution in [3.05, 3.63) is 66.0 Å². The first-order chi connectivity index (χ1) is 13.7. The van der Waals surface area contributed by atoms with Gasteiger partial charge in [-0.25, -0.2) is 0 Å². The number of pyridine rings is 1. The zero-order valence-corrected chi connectivity index (χ0v) is 16.0. The lowest BCUT2D eigenvalue weighted by Crippen LogP contribution is -2.39. The lowest BCUT2D eigenvalue weighted by molar-refractivity contribution is -0.133. The minimum atomic E-state index is -0.0723. The van der Waals surface area contributed by atoms with Gasteiger partial charge in [-0.3, -0.25) is 14.6 Å². The maximum atomic E-state index is 12.8. The van der Waals surface area contributed by atoms with Crippen molar-refractivity contribution in [1.82, 2.24) is 15.2 Å². The molecule has 2 heterocycles. The van der Waals surface area contributed by atoms with E-state index in [1.165, 1.54) is 0 Å². The highest BCUT2D eigenvalue weighted by molar-refractivity contribution is 5.80. The Kier molecular flexibility index (Phi) is 7.55. The maximum Gasteiger partial charge on any atom is 0.224 e. The second kappa shape index (κ2) is 10.6. The van der Waals surface area contributed by atoms with Crippen LogP contribution in [0.2, 0.25) is 0 Å². The first-order valence-electron chi connectivity index (χ1n) is 9.79. The van der Waals surface area contributed by atoms with Crippen molar-refractivity contribution in [2.45, 2.75) is 38.3 Å². The molecule has 2 amide bonds. The molecule has 6 heteroatoms. The monoisotopic (exact) mass is 381 g/mol. The highest BCUT2D eigenvalue weighted by Gasteiger charge is 2.22. The Morgan fingerprint density at radius 2 is 1.96 bits per heavy atom. The first kappa shape index (κ1) is 20.0. The summed E-state index contributed by atoms with van der Waals surface area (Å²) in [5.74, 6) is -0.0590. The Balaban J connectivity index is 1.49. The highest BCUT2D eigenvalue weighted by atomic mass is 16.5. The molecule has 1 atom stereocenters. The maximum absolute atomic E-state index is 12.8. The van der Waals surface area contributed by atoms with Gasteiger partial charge in [-0.15, -0.1) is 0 Å². The summed E-state index contributed by atoms with van der Waals surface area (Å²) < 4.78 is 5.70. The van der Waals surface area contributed by atoms with E-state index in [2.05, 4.69) is 10.3 Å². The molecular formula is C22H27N3O3. The van der Waals surface area contributed by atoms with Crippen molar-refractivity contribution in [2.75, 3.05) is 19.7 Å². The van der Waals surface area contributed by atoms with Crippen LogP contribution in [0.3, 0.4) is 0 Å². The predicted octanol–water partition coefficient (Wildman–Crippen LogP) is 2.34. The average molecular weight is 381 g/mol. The van der Waals surface area contributed by atoms with Crippen molar-refractivity contribution in [1.29, 1.82) is 0 Å². The van der Waals surface area contributed by atoms with Crippen LogP contribution in [-0.4, -0.2) is 47.5 Å². The van der Waals surface area contributed by atoms with Gasteiger partial charge in [0.05, 0.1) is 12.5 Å². The van der Waals surface area contributed by atoms with E-state index in [0.29, 0.717) is 26.1 Å². The third-order valence-electron chi connectivity index (χ3n) is 4.77. The van der Waals surface area contributed by atoms with Crippen LogP contribution in [0.25, 0.3) is 0 Å². The van der Waals surface area contributed by atoms with Gasteiger partial charge in [0.1, 0.15) is 0 Å². The summed E-state index contributed by atoms with van der Waals surface area (Å²) in [7, 11) is 0. The van der Waals surface area contributed by atoms with Crippen LogP contribution in [0.5, 0.6) is 0 Å². The highest BCUT2D eigenvalue weighted by Crippen LogP contribution is 2.15. The summed E-state index contributed by atoms with van der Waals surface area (Å²) in [5.41, 5.74) is 1.95. The molecule has 3 rings (SSSR count). The number of carbonyl (C=O) groups excluding carboxylic acids is 2. The number of aromatic nitrogens is 1. The minimum absolute atomic E-state index is 0.0133. The number of carbonyl (C=O) groups is 2. The molecule has 0 radical (unpaired) electrons. The molecule has 6 nitrogen and oxygen atoms in total. The van der Waals surface area contributed by atoms with Crippen molar-refractivity contribution < 1.29 is 14.3 Å². The Labute approximate surface area is 165 Å². The lowest BCUT2D eigenvalue weighted by Gasteiger charge is -2.25. The molecule has 1 unspecified atom stereocenters. The fourth-order valence-corrected chi connectivity index (χ4v) is 3.31. The molecule has 1 aliphatic rings. The summed E-state index contributed by atoms with van der Waals surface area (Å²) >= 11 is 0. The van der Waals surface area contributed by atoms with Gasteiger partial charge in [0, 0.05) is 45.1 Å². The predicted molar refractivity (Wildman–Crippen MR) is 106 cm³/mol. The number of nitrogens with zero attached hydrogens (tertiary/aromatic N) is 2. The van der Waals surface area contributed by atoms with E-state index in [9.17, 15) is 9.59 Å². The Morgan fingerprint density at radius 3 is 2.68 bits per heavy atom. The third kappa shape index (κ3) is 6.46. The summed E-state index contributed by atoms with van der Waals surface area (Å²) in [6, 6.07) is 13.4. The number of ether oxygens (including phenoxy) is 1. The van der Waals surface area contributed by atoms with Gasteiger partial charge in [-0.1, -0.05) is 36.4 Å². The standard InChI is InChI=1S/C22H27N3O3/c26-21(14-18-6-2-1-3-7-18)24-12-10-22(27)25(17-20-9-5-13-28-20)16-19-8-4-11-23-15-19/h1-4,6-8,11,15,20H,5,9-10,12-14,16-17H2,(H,24,26). The molecular weight excluding hydrogens is 354 g/mol. The van der Waals surface area contributed by atoms with Gasteiger partial charge in [-0.2, -0.15) is 0 Å². The van der Waals surface area contributed by atoms with Gasteiger partial charge in [0.2, 0.25) is 11.8 Å². The fourth-order valence-electron chi connectivity index (χ4n) is 3.31. The molecule has 1 aromatic carbocycles. The van der Waals surface area contributed by atoms with Crippen LogP contribution < -0.4 is 5.32 Å². The molecule has 148 valence electrons. The SMILES string of the molecule is O=C(Cc1ccccc1)NCCC(=O)N(Cc1cccnc1)CC1CCCO1. The molecule has 2 aromatic rings. The fraction of sp³-hybridized carbons (Fsp3) is 0.409. The molecule has 28 heavy (non-hydrogen) atoms. The molecule has 1 aromatic heterocycles. The molecule has 1 aliphatic heterocycles. The Morgan fingerprint density at radius 1 is 1.14 bits per heavy atom. The van der Waals surface area contributed by atoms with E-state index in [0.717, 1.165) is 30.6 Å². The summed E-state index contributed by atoms with van der Waals surface area (Å²) in [6.45, 7) is 2.17. The summed E-state index contributed by atoms with van der Waals surface area (Å²) in [5, 5.41) is 2.84. The Bertz CT molecular complexity index is 746. The number of hydrogen-bond acceptors (Lipinski definition) is 4. The number of amides is 2. The van der Waals surface area contributed by atoms with Crippen LogP contribution in [0.15, 0.2) is 54.9 Å². The van der Waals surface area contributed by atoms with E-state index >= 15 is 0 Å². The number of nitrogens with one attached hydrogen (secondary N) is 1. The number of rotatable bonds is 9. The average Bonchev–Trinajstić information content (AvgIpc) is 3.22. The smallest absolute Gasteiger partial charge is 0.224 e. The second-order valence-electron chi connectivity index (χ2n) is 7.03. The van der Waals surface area contributed by atoms with E-state index < -0.39 is 0 Å². The topological polar surface area (TPSA) is 71.5 Å². The van der Waals surface area contributed by atoms with E-state index in [-0.39, 0.29) is 24.3 Å². The molecule has 0 spiro atoms. The molecule has 1 fully saturated rings. The number of benzene rings is 1. The van der Waals surface area contributed by atoms with Gasteiger partial charge in [0.15, 0.2) is 0 Å². The Hall–Kier alpha value is -2.73. The number of hydrogen-bond donors (Lipinski definition) is 1. The van der Waals surface area contributed by atoms with Gasteiger partial charge in [-0.05, 0) is 30.0 Å². The molecule has 1 saturated heterocycles. The van der Waals surface area contributed by atoms with Crippen LogP contribution in [0.1, 0.15) is 30.4 Å². The van der Waals surface area contributed by atoms with Crippen LogP contribution in [0, 0.1) is 0 Å². The third-order valence-corrected chi connectivity index (χ3v) is 4.77. The summed E-state index contributed by atoms with van der Waals surface area (Å²) in [6.07, 6.45) is 6.20. The first-order valence-corrected chi connectivity index (χ1v) is 9.79. The normalized spacial score (nSPS) is 15.9. The van der Waals surface area contributed by atoms with Gasteiger partial charge < -0.3 is 15.0 Å². The van der Waals surface area contributed by atoms with E-state index in [1.807, 2.05) is 47.4 Å². The zero-order chi connectivity index (χ0) is 19.6. The van der Waals surface area contributed by atoms with E-state index in [4.69, 9.17) is 4.74 Å². The quantitative estimate of drug-likeness (QED) is 0.724. The van der Waals surface area contributed by atoms with Crippen molar-refractivity contribution in [3.63, 3.8) is 0 Å². The summed E-state index contributed by atoms with van der Waals surface area (Å²) in [4.78, 5) is 30.8.